The number of carbonyl (C=O) groups is 1. The van der Waals surface area contributed by atoms with Crippen molar-refractivity contribution in [3.63, 3.8) is 0 Å². The first-order valence-corrected chi connectivity index (χ1v) is 5.09. The first-order valence-electron chi connectivity index (χ1n) is 5.09. The molecule has 3 heteroatoms. The van der Waals surface area contributed by atoms with Crippen LogP contribution >= 0.6 is 0 Å². The third-order valence-electron chi connectivity index (χ3n) is 2.50. The molecular formula is C10H20N2O. The lowest BCUT2D eigenvalue weighted by Crippen LogP contribution is -2.53. The maximum atomic E-state index is 11.4. The molecule has 0 aromatic carbocycles. The molecule has 1 unspecified atom stereocenters. The molecule has 1 aliphatic rings. The van der Waals surface area contributed by atoms with E-state index in [9.17, 15) is 4.79 Å². The van der Waals surface area contributed by atoms with Crippen LogP contribution in [-0.4, -0.2) is 25.0 Å². The first kappa shape index (κ1) is 10.5. The molecule has 1 rings (SSSR count). The molecule has 76 valence electrons. The quantitative estimate of drug-likeness (QED) is 0.677. The van der Waals surface area contributed by atoms with Gasteiger partial charge in [-0.1, -0.05) is 13.8 Å². The summed E-state index contributed by atoms with van der Waals surface area (Å²) in [5, 5.41) is 6.24. The number of rotatable bonds is 4. The Morgan fingerprint density at radius 2 is 2.08 bits per heavy atom. The molecule has 0 aromatic rings. The molecule has 0 aliphatic carbocycles. The van der Waals surface area contributed by atoms with Crippen molar-refractivity contribution in [1.29, 1.82) is 0 Å². The Balaban J connectivity index is 2.18. The molecule has 0 saturated carbocycles. The van der Waals surface area contributed by atoms with Gasteiger partial charge in [0.1, 0.15) is 0 Å². The summed E-state index contributed by atoms with van der Waals surface area (Å²) in [6.45, 7) is 8.31. The van der Waals surface area contributed by atoms with Crippen LogP contribution in [0.1, 0.15) is 27.2 Å². The van der Waals surface area contributed by atoms with Crippen molar-refractivity contribution in [3.8, 4) is 0 Å². The highest BCUT2D eigenvalue weighted by Gasteiger charge is 2.24. The zero-order chi connectivity index (χ0) is 9.84. The standard InChI is InChI=1S/C10H20N2O/c1-7(2)4-10(13)12-8(3)9-5-11-6-9/h7-9,11H,4-6H2,1-3H3,(H,12,13). The van der Waals surface area contributed by atoms with Crippen LogP contribution in [0.3, 0.4) is 0 Å². The summed E-state index contributed by atoms with van der Waals surface area (Å²) < 4.78 is 0. The minimum atomic E-state index is 0.189. The number of amides is 1. The maximum Gasteiger partial charge on any atom is 0.220 e. The average molecular weight is 184 g/mol. The SMILES string of the molecule is CC(C)CC(=O)NC(C)C1CNC1. The number of nitrogens with one attached hydrogen (secondary N) is 2. The molecule has 1 amide bonds. The molecule has 0 radical (unpaired) electrons. The molecule has 13 heavy (non-hydrogen) atoms. The smallest absolute Gasteiger partial charge is 0.220 e. The van der Waals surface area contributed by atoms with E-state index in [2.05, 4.69) is 31.4 Å². The monoisotopic (exact) mass is 184 g/mol. The van der Waals surface area contributed by atoms with E-state index in [0.717, 1.165) is 13.1 Å². The summed E-state index contributed by atoms with van der Waals surface area (Å²) in [6.07, 6.45) is 0.643. The average Bonchev–Trinajstić information content (AvgIpc) is 1.78. The summed E-state index contributed by atoms with van der Waals surface area (Å²) in [6, 6.07) is 0.326. The van der Waals surface area contributed by atoms with Gasteiger partial charge in [-0.05, 0) is 12.8 Å². The third kappa shape index (κ3) is 3.35. The van der Waals surface area contributed by atoms with Gasteiger partial charge in [0, 0.05) is 31.5 Å². The second-order valence-electron chi connectivity index (χ2n) is 4.37. The topological polar surface area (TPSA) is 41.1 Å². The van der Waals surface area contributed by atoms with Gasteiger partial charge >= 0.3 is 0 Å². The fraction of sp³-hybridized carbons (Fsp3) is 0.900. The van der Waals surface area contributed by atoms with Gasteiger partial charge in [-0.15, -0.1) is 0 Å². The highest BCUT2D eigenvalue weighted by molar-refractivity contribution is 5.76. The number of hydrogen-bond acceptors (Lipinski definition) is 2. The normalized spacial score (nSPS) is 19.7. The van der Waals surface area contributed by atoms with Crippen LogP contribution in [0.4, 0.5) is 0 Å². The Hall–Kier alpha value is -0.570. The second kappa shape index (κ2) is 4.61. The molecule has 0 spiro atoms. The van der Waals surface area contributed by atoms with Gasteiger partial charge in [-0.2, -0.15) is 0 Å². The third-order valence-corrected chi connectivity index (χ3v) is 2.50. The van der Waals surface area contributed by atoms with Crippen molar-refractivity contribution < 1.29 is 4.79 Å². The summed E-state index contributed by atoms with van der Waals surface area (Å²) in [4.78, 5) is 11.4. The second-order valence-corrected chi connectivity index (χ2v) is 4.37. The predicted octanol–water partition coefficient (Wildman–Crippen LogP) is 0.757. The Kier molecular flexibility index (Phi) is 3.72. The molecular weight excluding hydrogens is 164 g/mol. The van der Waals surface area contributed by atoms with Crippen molar-refractivity contribution in [1.82, 2.24) is 10.6 Å². The van der Waals surface area contributed by atoms with Crippen molar-refractivity contribution >= 4 is 5.91 Å². The van der Waals surface area contributed by atoms with Gasteiger partial charge in [-0.25, -0.2) is 0 Å². The summed E-state index contributed by atoms with van der Waals surface area (Å²) in [5.41, 5.74) is 0. The van der Waals surface area contributed by atoms with Gasteiger partial charge in [0.15, 0.2) is 0 Å². The van der Waals surface area contributed by atoms with Gasteiger partial charge in [0.2, 0.25) is 5.91 Å². The zero-order valence-electron chi connectivity index (χ0n) is 8.76. The van der Waals surface area contributed by atoms with E-state index >= 15 is 0 Å². The Morgan fingerprint density at radius 3 is 2.46 bits per heavy atom. The van der Waals surface area contributed by atoms with Crippen LogP contribution in [0, 0.1) is 11.8 Å². The van der Waals surface area contributed by atoms with Crippen molar-refractivity contribution in [3.05, 3.63) is 0 Å². The number of hydrogen-bond donors (Lipinski definition) is 2. The largest absolute Gasteiger partial charge is 0.353 e. The van der Waals surface area contributed by atoms with Crippen molar-refractivity contribution in [2.75, 3.05) is 13.1 Å². The first-order chi connectivity index (χ1) is 6.09. The lowest BCUT2D eigenvalue weighted by Gasteiger charge is -2.33. The lowest BCUT2D eigenvalue weighted by atomic mass is 9.95. The van der Waals surface area contributed by atoms with Gasteiger partial charge in [-0.3, -0.25) is 4.79 Å². The summed E-state index contributed by atoms with van der Waals surface area (Å²) in [7, 11) is 0. The van der Waals surface area contributed by atoms with Crippen LogP contribution in [0.5, 0.6) is 0 Å². The number of carbonyl (C=O) groups excluding carboxylic acids is 1. The van der Waals surface area contributed by atoms with Crippen LogP contribution in [0.2, 0.25) is 0 Å². The van der Waals surface area contributed by atoms with E-state index in [1.165, 1.54) is 0 Å². The highest BCUT2D eigenvalue weighted by atomic mass is 16.1. The van der Waals surface area contributed by atoms with Crippen molar-refractivity contribution in [2.24, 2.45) is 11.8 Å². The Bertz CT molecular complexity index is 176. The highest BCUT2D eigenvalue weighted by Crippen LogP contribution is 2.09. The van der Waals surface area contributed by atoms with E-state index in [4.69, 9.17) is 0 Å². The molecule has 1 heterocycles. The van der Waals surface area contributed by atoms with E-state index in [-0.39, 0.29) is 5.91 Å². The van der Waals surface area contributed by atoms with E-state index in [0.29, 0.717) is 24.3 Å². The molecule has 3 nitrogen and oxygen atoms in total. The minimum absolute atomic E-state index is 0.189. The molecule has 1 atom stereocenters. The Morgan fingerprint density at radius 1 is 1.46 bits per heavy atom. The fourth-order valence-corrected chi connectivity index (χ4v) is 1.47. The van der Waals surface area contributed by atoms with Crippen LogP contribution in [0.25, 0.3) is 0 Å². The molecule has 1 saturated heterocycles. The maximum absolute atomic E-state index is 11.4. The molecule has 1 aliphatic heterocycles. The van der Waals surface area contributed by atoms with E-state index < -0.39 is 0 Å². The predicted molar refractivity (Wildman–Crippen MR) is 53.4 cm³/mol. The molecule has 2 N–H and O–H groups in total. The zero-order valence-corrected chi connectivity index (χ0v) is 8.76. The van der Waals surface area contributed by atoms with E-state index in [1.54, 1.807) is 0 Å². The molecule has 0 bridgehead atoms. The van der Waals surface area contributed by atoms with Crippen molar-refractivity contribution in [2.45, 2.75) is 33.2 Å². The molecule has 0 aromatic heterocycles. The van der Waals surface area contributed by atoms with Crippen LogP contribution in [-0.2, 0) is 4.79 Å². The van der Waals surface area contributed by atoms with Gasteiger partial charge < -0.3 is 10.6 Å². The van der Waals surface area contributed by atoms with Gasteiger partial charge in [0.25, 0.3) is 0 Å². The summed E-state index contributed by atoms with van der Waals surface area (Å²) >= 11 is 0. The lowest BCUT2D eigenvalue weighted by molar-refractivity contribution is -0.122. The van der Waals surface area contributed by atoms with E-state index in [1.807, 2.05) is 0 Å². The fourth-order valence-electron chi connectivity index (χ4n) is 1.47. The minimum Gasteiger partial charge on any atom is -0.353 e. The molecule has 1 fully saturated rings. The van der Waals surface area contributed by atoms with Crippen LogP contribution in [0.15, 0.2) is 0 Å². The Labute approximate surface area is 80.3 Å². The van der Waals surface area contributed by atoms with Gasteiger partial charge in [0.05, 0.1) is 0 Å². The summed E-state index contributed by atoms with van der Waals surface area (Å²) in [5.74, 6) is 1.28. The van der Waals surface area contributed by atoms with Crippen LogP contribution < -0.4 is 10.6 Å².